The topological polar surface area (TPSA) is 69.5 Å². The number of nitrogens with one attached hydrogen (secondary N) is 1. The van der Waals surface area contributed by atoms with Gasteiger partial charge in [0.25, 0.3) is 6.50 Å². The SMILES string of the molecule is [2H]c1c(C)[nH]c2ncnc(N(C)[C@H]3CN(C(=O)C([2H])([2H])[N+]#[C-])CC[C@H]3C)c12. The van der Waals surface area contributed by atoms with E-state index in [1.165, 1.54) is 11.2 Å². The van der Waals surface area contributed by atoms with Crippen LogP contribution in [0, 0.1) is 19.4 Å². The predicted molar refractivity (Wildman–Crippen MR) is 92.6 cm³/mol. The Balaban J connectivity index is 1.93. The molecular weight excluding hydrogens is 304 g/mol. The summed E-state index contributed by atoms with van der Waals surface area (Å²) in [6.45, 7) is 9.00. The van der Waals surface area contributed by atoms with E-state index in [2.05, 4.69) is 26.7 Å². The lowest BCUT2D eigenvalue weighted by atomic mass is 9.92. The predicted octanol–water partition coefficient (Wildman–Crippen LogP) is 1.86. The van der Waals surface area contributed by atoms with E-state index in [1.54, 1.807) is 0 Å². The number of anilines is 1. The highest BCUT2D eigenvalue weighted by Crippen LogP contribution is 2.29. The molecule has 0 spiro atoms. The normalized spacial score (nSPS) is 23.2. The monoisotopic (exact) mass is 329 g/mol. The van der Waals surface area contributed by atoms with E-state index >= 15 is 0 Å². The van der Waals surface area contributed by atoms with Crippen LogP contribution in [0.15, 0.2) is 12.4 Å². The van der Waals surface area contributed by atoms with Crippen molar-refractivity contribution >= 4 is 22.8 Å². The Kier molecular flexibility index (Phi) is 3.44. The van der Waals surface area contributed by atoms with Crippen LogP contribution < -0.4 is 4.90 Å². The Hall–Kier alpha value is -2.62. The Morgan fingerprint density at radius 2 is 2.46 bits per heavy atom. The highest BCUT2D eigenvalue weighted by molar-refractivity contribution is 5.88. The van der Waals surface area contributed by atoms with Crippen molar-refractivity contribution in [1.29, 1.82) is 0 Å². The Bertz CT molecular complexity index is 921. The van der Waals surface area contributed by atoms with Gasteiger partial charge in [-0.3, -0.25) is 4.79 Å². The van der Waals surface area contributed by atoms with Gasteiger partial charge in [-0.1, -0.05) is 6.92 Å². The molecule has 2 atom stereocenters. The standard InChI is InChI=1S/C17H22N6O/c1-11-5-6-23(15(24)8-18-3)9-14(11)22(4)17-13-7-12(2)21-16(13)19-10-20-17/h7,10-11,14H,5-6,8-9H2,1-2,4H3,(H,19,20,21)/t11-,14+/m1/s1/i7D,8D2. The molecule has 0 aromatic carbocycles. The van der Waals surface area contributed by atoms with Gasteiger partial charge >= 0.3 is 5.91 Å². The summed E-state index contributed by atoms with van der Waals surface area (Å²) in [7, 11) is 1.86. The Labute approximate surface area is 145 Å². The number of carbonyl (C=O) groups excluding carboxylic acids is 1. The molecule has 7 heteroatoms. The average Bonchev–Trinajstić information content (AvgIpc) is 2.95. The van der Waals surface area contributed by atoms with Gasteiger partial charge in [0.15, 0.2) is 0 Å². The van der Waals surface area contributed by atoms with Crippen LogP contribution in [0.25, 0.3) is 15.9 Å². The molecule has 0 radical (unpaired) electrons. The second kappa shape index (κ2) is 6.48. The number of rotatable bonds is 3. The molecule has 126 valence electrons. The smallest absolute Gasteiger partial charge is 0.302 e. The highest BCUT2D eigenvalue weighted by atomic mass is 16.2. The zero-order valence-corrected chi connectivity index (χ0v) is 14.0. The van der Waals surface area contributed by atoms with Crippen LogP contribution in [-0.4, -0.2) is 58.4 Å². The van der Waals surface area contributed by atoms with Gasteiger partial charge in [0.05, 0.1) is 12.8 Å². The van der Waals surface area contributed by atoms with E-state index in [9.17, 15) is 4.79 Å². The maximum Gasteiger partial charge on any atom is 0.302 e. The van der Waals surface area contributed by atoms with Gasteiger partial charge in [0, 0.05) is 25.8 Å². The van der Waals surface area contributed by atoms with Gasteiger partial charge in [-0.25, -0.2) is 16.5 Å². The van der Waals surface area contributed by atoms with Gasteiger partial charge in [-0.05, 0) is 25.3 Å². The molecule has 0 bridgehead atoms. The summed E-state index contributed by atoms with van der Waals surface area (Å²) < 4.78 is 23.5. The molecule has 0 unspecified atom stereocenters. The number of fused-ring (bicyclic) bond motifs is 1. The summed E-state index contributed by atoms with van der Waals surface area (Å²) in [5.74, 6) is 0.0417. The largest absolute Gasteiger partial charge is 0.354 e. The second-order valence-electron chi connectivity index (χ2n) is 6.21. The number of aromatic amines is 1. The third-order valence-corrected chi connectivity index (χ3v) is 4.63. The fourth-order valence-corrected chi connectivity index (χ4v) is 3.26. The molecule has 0 aliphatic carbocycles. The molecule has 1 saturated heterocycles. The van der Waals surface area contributed by atoms with Crippen LogP contribution in [0.5, 0.6) is 0 Å². The van der Waals surface area contributed by atoms with Gasteiger partial charge in [0.2, 0.25) is 0 Å². The van der Waals surface area contributed by atoms with E-state index in [0.29, 0.717) is 48.1 Å². The third-order valence-electron chi connectivity index (χ3n) is 4.63. The van der Waals surface area contributed by atoms with Crippen LogP contribution in [0.1, 0.15) is 23.2 Å². The summed E-state index contributed by atoms with van der Waals surface area (Å²) in [6, 6.07) is 0.227. The zero-order valence-electron chi connectivity index (χ0n) is 17.0. The molecule has 1 N–H and O–H groups in total. The molecule has 7 nitrogen and oxygen atoms in total. The lowest BCUT2D eigenvalue weighted by Gasteiger charge is -2.41. The second-order valence-corrected chi connectivity index (χ2v) is 6.21. The van der Waals surface area contributed by atoms with Crippen molar-refractivity contribution in [1.82, 2.24) is 19.9 Å². The summed E-state index contributed by atoms with van der Waals surface area (Å²) in [6.07, 6.45) is 2.14. The molecule has 1 aliphatic heterocycles. The van der Waals surface area contributed by atoms with E-state index < -0.39 is 12.4 Å². The Morgan fingerprint density at radius 3 is 3.21 bits per heavy atom. The van der Waals surface area contributed by atoms with Crippen molar-refractivity contribution in [2.24, 2.45) is 5.92 Å². The highest BCUT2D eigenvalue weighted by Gasteiger charge is 2.33. The first-order valence-corrected chi connectivity index (χ1v) is 7.88. The maximum atomic E-state index is 12.4. The quantitative estimate of drug-likeness (QED) is 0.873. The van der Waals surface area contributed by atoms with Gasteiger partial charge < -0.3 is 19.6 Å². The van der Waals surface area contributed by atoms with Crippen molar-refractivity contribution in [2.45, 2.75) is 26.3 Å². The number of aryl methyl sites for hydroxylation is 1. The number of piperidine rings is 1. The van der Waals surface area contributed by atoms with Crippen LogP contribution in [-0.2, 0) is 4.79 Å². The molecule has 2 aromatic rings. The molecule has 24 heavy (non-hydrogen) atoms. The minimum absolute atomic E-state index is 0.114. The van der Waals surface area contributed by atoms with Gasteiger partial charge in [-0.15, -0.1) is 0 Å². The number of hydrogen-bond donors (Lipinski definition) is 1. The van der Waals surface area contributed by atoms with Gasteiger partial charge in [-0.2, -0.15) is 0 Å². The molecule has 1 fully saturated rings. The number of carbonyl (C=O) groups is 1. The molecule has 3 rings (SSSR count). The number of nitrogens with zero attached hydrogens (tertiary/aromatic N) is 5. The number of hydrogen-bond acceptors (Lipinski definition) is 4. The first-order valence-electron chi connectivity index (χ1n) is 9.38. The molecule has 0 saturated carbocycles. The van der Waals surface area contributed by atoms with Gasteiger partial charge in [0.1, 0.15) is 20.5 Å². The average molecular weight is 329 g/mol. The molecule has 3 heterocycles. The molecular formula is C17H22N6O. The number of likely N-dealkylation sites (N-methyl/N-ethyl adjacent to an activating group) is 1. The summed E-state index contributed by atoms with van der Waals surface area (Å²) in [4.78, 5) is 30.2. The van der Waals surface area contributed by atoms with E-state index in [4.69, 9.17) is 10.7 Å². The van der Waals surface area contributed by atoms with E-state index in [1.807, 2.05) is 18.9 Å². The molecule has 2 aromatic heterocycles. The third kappa shape index (κ3) is 2.92. The number of H-pyrrole nitrogens is 1. The van der Waals surface area contributed by atoms with Crippen LogP contribution in [0.4, 0.5) is 5.82 Å². The minimum Gasteiger partial charge on any atom is -0.354 e. The fourth-order valence-electron chi connectivity index (χ4n) is 3.26. The van der Waals surface area contributed by atoms with Crippen molar-refractivity contribution in [3.05, 3.63) is 29.5 Å². The van der Waals surface area contributed by atoms with Crippen molar-refractivity contribution in [3.8, 4) is 0 Å². The lowest BCUT2D eigenvalue weighted by Crippen LogP contribution is -2.53. The van der Waals surface area contributed by atoms with Crippen molar-refractivity contribution in [3.63, 3.8) is 0 Å². The van der Waals surface area contributed by atoms with Crippen molar-refractivity contribution < 1.29 is 8.91 Å². The summed E-state index contributed by atoms with van der Waals surface area (Å²) in [5.41, 5.74) is 1.30. The molecule has 1 amide bonds. The van der Waals surface area contributed by atoms with E-state index in [0.717, 1.165) is 0 Å². The summed E-state index contributed by atoms with van der Waals surface area (Å²) >= 11 is 0. The fraction of sp³-hybridized carbons (Fsp3) is 0.529. The minimum atomic E-state index is -2.54. The van der Waals surface area contributed by atoms with E-state index in [-0.39, 0.29) is 12.0 Å². The van der Waals surface area contributed by atoms with Crippen LogP contribution in [0.2, 0.25) is 0 Å². The van der Waals surface area contributed by atoms with Crippen LogP contribution >= 0.6 is 0 Å². The maximum absolute atomic E-state index is 12.4. The van der Waals surface area contributed by atoms with Crippen LogP contribution in [0.3, 0.4) is 0 Å². The first kappa shape index (κ1) is 12.8. The zero-order chi connectivity index (χ0) is 19.9. The number of aromatic nitrogens is 3. The molecule has 1 aliphatic rings. The number of amides is 1. The number of likely N-dealkylation sites (tertiary alicyclic amines) is 1. The van der Waals surface area contributed by atoms with Crippen molar-refractivity contribution in [2.75, 3.05) is 31.5 Å². The lowest BCUT2D eigenvalue weighted by molar-refractivity contribution is -0.130. The first-order chi connectivity index (χ1) is 12.7. The summed E-state index contributed by atoms with van der Waals surface area (Å²) in [5, 5.41) is 0.629. The Morgan fingerprint density at radius 1 is 1.67 bits per heavy atom.